The molecule has 0 atom stereocenters. The van der Waals surface area contributed by atoms with Crippen molar-refractivity contribution in [3.63, 3.8) is 0 Å². The summed E-state index contributed by atoms with van der Waals surface area (Å²) in [5, 5.41) is 9.53. The molecule has 0 bridgehead atoms. The lowest BCUT2D eigenvalue weighted by Crippen LogP contribution is -2.40. The molecule has 1 aromatic heterocycles. The van der Waals surface area contributed by atoms with Crippen LogP contribution in [0.15, 0.2) is 4.34 Å². The van der Waals surface area contributed by atoms with Crippen molar-refractivity contribution in [1.82, 2.24) is 21.0 Å². The Morgan fingerprint density at radius 3 is 2.67 bits per heavy atom. The second kappa shape index (κ2) is 6.61. The molecule has 2 amide bonds. The number of carbonyl (C=O) groups excluding carboxylic acids is 1. The van der Waals surface area contributed by atoms with Crippen LogP contribution in [0.5, 0.6) is 0 Å². The highest BCUT2D eigenvalue weighted by atomic mass is 32.2. The molecular weight excluding hydrogens is 278 g/mol. The molecular formula is C8H15N5O3S2. The van der Waals surface area contributed by atoms with Gasteiger partial charge in [0.15, 0.2) is 0 Å². The van der Waals surface area contributed by atoms with E-state index in [0.717, 1.165) is 30.4 Å². The van der Waals surface area contributed by atoms with Crippen LogP contribution in [-0.2, 0) is 9.84 Å². The zero-order chi connectivity index (χ0) is 13.6. The smallest absolute Gasteiger partial charge is 0.281 e. The standard InChI is InChI=1S/C8H15N5O3S2/c1-3-4-5-9-11-6(14)10-7-12-13-8(17-7)18(2,15)16/h9H,3-5H2,1-2H3,(H2,10,11,12,14). The molecule has 0 saturated carbocycles. The molecule has 0 aromatic carbocycles. The summed E-state index contributed by atoms with van der Waals surface area (Å²) >= 11 is 0.802. The molecule has 1 aromatic rings. The van der Waals surface area contributed by atoms with Crippen LogP contribution in [0.1, 0.15) is 19.8 Å². The van der Waals surface area contributed by atoms with Gasteiger partial charge in [0, 0.05) is 12.8 Å². The largest absolute Gasteiger partial charge is 0.335 e. The van der Waals surface area contributed by atoms with Gasteiger partial charge >= 0.3 is 6.03 Å². The highest BCUT2D eigenvalue weighted by Crippen LogP contribution is 2.19. The number of carbonyl (C=O) groups is 1. The number of urea groups is 1. The van der Waals surface area contributed by atoms with E-state index >= 15 is 0 Å². The number of hydrogen-bond acceptors (Lipinski definition) is 7. The predicted molar refractivity (Wildman–Crippen MR) is 68.1 cm³/mol. The molecule has 3 N–H and O–H groups in total. The van der Waals surface area contributed by atoms with Crippen LogP contribution in [0.2, 0.25) is 0 Å². The number of nitrogens with zero attached hydrogens (tertiary/aromatic N) is 2. The Labute approximate surface area is 109 Å². The Balaban J connectivity index is 2.43. The van der Waals surface area contributed by atoms with Crippen molar-refractivity contribution >= 4 is 32.3 Å². The van der Waals surface area contributed by atoms with Gasteiger partial charge in [-0.25, -0.2) is 18.6 Å². The fraction of sp³-hybridized carbons (Fsp3) is 0.625. The number of anilines is 1. The average molecular weight is 293 g/mol. The summed E-state index contributed by atoms with van der Waals surface area (Å²) in [7, 11) is -3.38. The van der Waals surface area contributed by atoms with E-state index in [2.05, 4.69) is 26.4 Å². The monoisotopic (exact) mass is 293 g/mol. The molecule has 0 spiro atoms. The van der Waals surface area contributed by atoms with E-state index in [0.29, 0.717) is 6.54 Å². The molecule has 0 unspecified atom stereocenters. The second-order valence-electron chi connectivity index (χ2n) is 3.50. The Bertz CT molecular complexity index is 499. The number of amides is 2. The van der Waals surface area contributed by atoms with Crippen molar-refractivity contribution in [2.75, 3.05) is 18.1 Å². The number of rotatable bonds is 6. The predicted octanol–water partition coefficient (Wildman–Crippen LogP) is 0.368. The van der Waals surface area contributed by atoms with Gasteiger partial charge in [0.2, 0.25) is 19.3 Å². The molecule has 102 valence electrons. The summed E-state index contributed by atoms with van der Waals surface area (Å²) in [5.41, 5.74) is 5.12. The van der Waals surface area contributed by atoms with Crippen LogP contribution in [0.4, 0.5) is 9.93 Å². The first-order chi connectivity index (χ1) is 8.43. The van der Waals surface area contributed by atoms with Crippen LogP contribution < -0.4 is 16.2 Å². The van der Waals surface area contributed by atoms with Gasteiger partial charge in [0.25, 0.3) is 0 Å². The summed E-state index contributed by atoms with van der Waals surface area (Å²) in [6.07, 6.45) is 2.99. The molecule has 8 nitrogen and oxygen atoms in total. The highest BCUT2D eigenvalue weighted by Gasteiger charge is 2.15. The number of unbranched alkanes of at least 4 members (excludes halogenated alkanes) is 1. The zero-order valence-electron chi connectivity index (χ0n) is 10.1. The van der Waals surface area contributed by atoms with E-state index in [1.54, 1.807) is 0 Å². The third kappa shape index (κ3) is 4.94. The number of hydrazine groups is 1. The fourth-order valence-electron chi connectivity index (χ4n) is 0.946. The molecule has 1 heterocycles. The maximum absolute atomic E-state index is 11.3. The van der Waals surface area contributed by atoms with E-state index < -0.39 is 15.9 Å². The number of sulfone groups is 1. The number of aromatic nitrogens is 2. The highest BCUT2D eigenvalue weighted by molar-refractivity contribution is 7.92. The van der Waals surface area contributed by atoms with E-state index in [1.807, 2.05) is 6.92 Å². The average Bonchev–Trinajstić information content (AvgIpc) is 2.72. The molecule has 0 aliphatic rings. The minimum Gasteiger partial charge on any atom is -0.281 e. The fourth-order valence-corrected chi connectivity index (χ4v) is 2.45. The van der Waals surface area contributed by atoms with Gasteiger partial charge in [-0.1, -0.05) is 24.7 Å². The van der Waals surface area contributed by atoms with E-state index in [9.17, 15) is 13.2 Å². The summed E-state index contributed by atoms with van der Waals surface area (Å²) in [6, 6.07) is -0.512. The van der Waals surface area contributed by atoms with E-state index in [1.165, 1.54) is 0 Å². The Morgan fingerprint density at radius 2 is 2.11 bits per heavy atom. The van der Waals surface area contributed by atoms with Crippen LogP contribution in [0.25, 0.3) is 0 Å². The van der Waals surface area contributed by atoms with Crippen LogP contribution in [-0.4, -0.2) is 37.4 Å². The van der Waals surface area contributed by atoms with Crippen molar-refractivity contribution in [2.24, 2.45) is 0 Å². The zero-order valence-corrected chi connectivity index (χ0v) is 11.7. The number of nitrogens with one attached hydrogen (secondary N) is 3. The molecule has 0 saturated heterocycles. The van der Waals surface area contributed by atoms with Gasteiger partial charge in [-0.3, -0.25) is 10.7 Å². The van der Waals surface area contributed by atoms with Gasteiger partial charge in [0.05, 0.1) is 0 Å². The molecule has 18 heavy (non-hydrogen) atoms. The first kappa shape index (κ1) is 14.8. The van der Waals surface area contributed by atoms with Crippen molar-refractivity contribution in [1.29, 1.82) is 0 Å². The lowest BCUT2D eigenvalue weighted by molar-refractivity contribution is 0.248. The first-order valence-electron chi connectivity index (χ1n) is 5.27. The topological polar surface area (TPSA) is 113 Å². The summed E-state index contributed by atoms with van der Waals surface area (Å²) < 4.78 is 22.2. The molecule has 0 fully saturated rings. The van der Waals surface area contributed by atoms with E-state index in [-0.39, 0.29) is 9.47 Å². The Morgan fingerprint density at radius 1 is 1.39 bits per heavy atom. The Kier molecular flexibility index (Phi) is 5.44. The van der Waals surface area contributed by atoms with Crippen LogP contribution in [0, 0.1) is 0 Å². The summed E-state index contributed by atoms with van der Waals surface area (Å²) in [5.74, 6) is 0. The molecule has 0 radical (unpaired) electrons. The third-order valence-corrected chi connectivity index (χ3v) is 4.31. The third-order valence-electron chi connectivity index (χ3n) is 1.80. The maximum Gasteiger partial charge on any atom is 0.335 e. The molecule has 0 aliphatic carbocycles. The summed E-state index contributed by atoms with van der Waals surface area (Å²) in [4.78, 5) is 11.3. The Hall–Kier alpha value is -1.26. The molecule has 1 rings (SSSR count). The SMILES string of the molecule is CCCCNNC(=O)Nc1nnc(S(C)(=O)=O)s1. The minimum atomic E-state index is -3.38. The van der Waals surface area contributed by atoms with Gasteiger partial charge in [-0.05, 0) is 6.42 Å². The van der Waals surface area contributed by atoms with Gasteiger partial charge in [-0.15, -0.1) is 10.2 Å². The lowest BCUT2D eigenvalue weighted by atomic mass is 10.3. The van der Waals surface area contributed by atoms with Gasteiger partial charge < -0.3 is 0 Å². The van der Waals surface area contributed by atoms with Crippen LogP contribution >= 0.6 is 11.3 Å². The quantitative estimate of drug-likeness (QED) is 0.397. The van der Waals surface area contributed by atoms with Crippen molar-refractivity contribution in [3.8, 4) is 0 Å². The summed E-state index contributed by atoms with van der Waals surface area (Å²) in [6.45, 7) is 2.70. The van der Waals surface area contributed by atoms with Crippen molar-refractivity contribution in [3.05, 3.63) is 0 Å². The van der Waals surface area contributed by atoms with Crippen molar-refractivity contribution < 1.29 is 13.2 Å². The van der Waals surface area contributed by atoms with E-state index in [4.69, 9.17) is 0 Å². The molecule has 10 heteroatoms. The normalized spacial score (nSPS) is 11.2. The van der Waals surface area contributed by atoms with Gasteiger partial charge in [0.1, 0.15) is 0 Å². The minimum absolute atomic E-state index is 0.128. The second-order valence-corrected chi connectivity index (χ2v) is 6.67. The lowest BCUT2D eigenvalue weighted by Gasteiger charge is -2.05. The van der Waals surface area contributed by atoms with Crippen molar-refractivity contribution in [2.45, 2.75) is 24.1 Å². The van der Waals surface area contributed by atoms with Gasteiger partial charge in [-0.2, -0.15) is 0 Å². The first-order valence-corrected chi connectivity index (χ1v) is 7.97. The molecule has 0 aliphatic heterocycles. The maximum atomic E-state index is 11.3. The van der Waals surface area contributed by atoms with Crippen LogP contribution in [0.3, 0.4) is 0 Å². The number of hydrogen-bond donors (Lipinski definition) is 3.